The van der Waals surface area contributed by atoms with Crippen molar-refractivity contribution in [1.29, 1.82) is 0 Å². The molecule has 42 heavy (non-hydrogen) atoms. The smallest absolute Gasteiger partial charge is 0.155 e. The van der Waals surface area contributed by atoms with E-state index in [1.807, 2.05) is 79.0 Å². The second kappa shape index (κ2) is 12.2. The molecule has 0 aliphatic carbocycles. The number of imidazole rings is 1. The molecular weight excluding hydrogens is 713 g/mol. The topological polar surface area (TPSA) is 43.6 Å². The van der Waals surface area contributed by atoms with Crippen LogP contribution < -0.4 is 0 Å². The SMILES string of the molecule is Cc1ccnc2c1nc(-c1[c-]ccc3c1sc1ccccc13)n2-c1ccccc1.[Ir].[c-]1ccccc1-c1ccccn1. The molecule has 0 fully saturated rings. The number of nitrogens with zero attached hydrogens (tertiary/aromatic N) is 4. The average Bonchev–Trinajstić information content (AvgIpc) is 3.62. The first-order valence-electron chi connectivity index (χ1n) is 13.4. The fraction of sp³-hybridized carbons (Fsp3) is 0.0278. The maximum atomic E-state index is 5.06. The van der Waals surface area contributed by atoms with Crippen LogP contribution in [0.2, 0.25) is 0 Å². The molecule has 4 aromatic carbocycles. The van der Waals surface area contributed by atoms with E-state index in [4.69, 9.17) is 4.98 Å². The first-order chi connectivity index (χ1) is 20.3. The zero-order valence-electron chi connectivity index (χ0n) is 22.7. The molecule has 8 aromatic rings. The Balaban J connectivity index is 0.000000205. The van der Waals surface area contributed by atoms with Crippen LogP contribution in [0, 0.1) is 19.1 Å². The molecular formula is C36H24IrN4S-2. The Morgan fingerprint density at radius 1 is 0.690 bits per heavy atom. The maximum Gasteiger partial charge on any atom is 0.155 e. The van der Waals surface area contributed by atoms with Gasteiger partial charge in [0.25, 0.3) is 0 Å². The molecule has 0 bridgehead atoms. The van der Waals surface area contributed by atoms with Crippen molar-refractivity contribution in [2.24, 2.45) is 0 Å². The van der Waals surface area contributed by atoms with Gasteiger partial charge in [0.2, 0.25) is 0 Å². The molecule has 4 aromatic heterocycles. The molecule has 4 heterocycles. The van der Waals surface area contributed by atoms with Crippen LogP contribution in [0.3, 0.4) is 0 Å². The molecule has 4 nitrogen and oxygen atoms in total. The second-order valence-corrected chi connectivity index (χ2v) is 10.6. The summed E-state index contributed by atoms with van der Waals surface area (Å²) in [4.78, 5) is 14.0. The molecule has 0 aliphatic rings. The molecule has 0 saturated heterocycles. The Bertz CT molecular complexity index is 2070. The van der Waals surface area contributed by atoms with Gasteiger partial charge in [-0.25, -0.2) is 4.98 Å². The largest absolute Gasteiger partial charge is 0.318 e. The van der Waals surface area contributed by atoms with Gasteiger partial charge in [-0.3, -0.25) is 4.98 Å². The minimum atomic E-state index is 0. The van der Waals surface area contributed by atoms with Gasteiger partial charge in [-0.05, 0) is 58.6 Å². The van der Waals surface area contributed by atoms with E-state index in [1.165, 1.54) is 20.2 Å². The van der Waals surface area contributed by atoms with Gasteiger partial charge >= 0.3 is 0 Å². The number of benzene rings is 4. The minimum absolute atomic E-state index is 0. The summed E-state index contributed by atoms with van der Waals surface area (Å²) in [5.74, 6) is 0.880. The zero-order valence-corrected chi connectivity index (χ0v) is 25.9. The standard InChI is InChI=1S/C25H16N3S.C11H8N.Ir/c1-16-14-15-26-25-22(16)27-24(28(25)17-8-3-2-4-9-17)20-12-7-11-19-18-10-5-6-13-21(18)29-23(19)20;1-2-6-10(7-3-1)11-8-4-5-9-12-11;/h2-11,13-15H,1H3;1-6,8-9H;/q2*-1;. The van der Waals surface area contributed by atoms with Gasteiger partial charge in [0.15, 0.2) is 5.65 Å². The first kappa shape index (κ1) is 27.7. The van der Waals surface area contributed by atoms with Crippen LogP contribution >= 0.6 is 11.3 Å². The Labute approximate surface area is 261 Å². The summed E-state index contributed by atoms with van der Waals surface area (Å²) in [7, 11) is 0. The fourth-order valence-corrected chi connectivity index (χ4v) is 6.21. The van der Waals surface area contributed by atoms with E-state index in [-0.39, 0.29) is 20.1 Å². The van der Waals surface area contributed by atoms with Crippen LogP contribution in [-0.2, 0) is 20.1 Å². The maximum absolute atomic E-state index is 5.06. The summed E-state index contributed by atoms with van der Waals surface area (Å²) >= 11 is 1.80. The molecule has 0 saturated carbocycles. The van der Waals surface area contributed by atoms with Gasteiger partial charge in [-0.1, -0.05) is 59.5 Å². The van der Waals surface area contributed by atoms with Crippen molar-refractivity contribution >= 4 is 42.7 Å². The predicted octanol–water partition coefficient (Wildman–Crippen LogP) is 9.11. The van der Waals surface area contributed by atoms with Crippen molar-refractivity contribution in [3.05, 3.63) is 145 Å². The molecule has 0 N–H and O–H groups in total. The van der Waals surface area contributed by atoms with Crippen LogP contribution in [0.25, 0.3) is 59.7 Å². The number of pyridine rings is 2. The number of hydrogen-bond donors (Lipinski definition) is 0. The Kier molecular flexibility index (Phi) is 8.02. The van der Waals surface area contributed by atoms with Crippen molar-refractivity contribution in [2.75, 3.05) is 0 Å². The Morgan fingerprint density at radius 3 is 2.31 bits per heavy atom. The van der Waals surface area contributed by atoms with E-state index in [1.54, 1.807) is 17.5 Å². The van der Waals surface area contributed by atoms with E-state index in [2.05, 4.69) is 76.1 Å². The van der Waals surface area contributed by atoms with Crippen LogP contribution in [-0.4, -0.2) is 19.5 Å². The second-order valence-electron chi connectivity index (χ2n) is 9.59. The predicted molar refractivity (Wildman–Crippen MR) is 169 cm³/mol. The van der Waals surface area contributed by atoms with E-state index in [0.717, 1.165) is 45.1 Å². The van der Waals surface area contributed by atoms with Crippen molar-refractivity contribution in [3.63, 3.8) is 0 Å². The van der Waals surface area contributed by atoms with Crippen molar-refractivity contribution in [2.45, 2.75) is 6.92 Å². The Hall–Kier alpha value is -4.48. The van der Waals surface area contributed by atoms with Crippen LogP contribution in [0.4, 0.5) is 0 Å². The fourth-order valence-electron chi connectivity index (χ4n) is 5.01. The number of aromatic nitrogens is 4. The van der Waals surface area contributed by atoms with E-state index < -0.39 is 0 Å². The quantitative estimate of drug-likeness (QED) is 0.170. The van der Waals surface area contributed by atoms with E-state index in [9.17, 15) is 0 Å². The van der Waals surface area contributed by atoms with Crippen LogP contribution in [0.15, 0.2) is 128 Å². The summed E-state index contributed by atoms with van der Waals surface area (Å²) in [5.41, 5.74) is 7.00. The summed E-state index contributed by atoms with van der Waals surface area (Å²) < 4.78 is 4.64. The summed E-state index contributed by atoms with van der Waals surface area (Å²) in [6.07, 6.45) is 3.64. The van der Waals surface area contributed by atoms with Crippen LogP contribution in [0.5, 0.6) is 0 Å². The molecule has 0 atom stereocenters. The molecule has 0 amide bonds. The monoisotopic (exact) mass is 737 g/mol. The summed E-state index contributed by atoms with van der Waals surface area (Å²) in [5, 5.41) is 2.52. The third kappa shape index (κ3) is 5.17. The van der Waals surface area contributed by atoms with Gasteiger partial charge in [0, 0.05) is 42.9 Å². The summed E-state index contributed by atoms with van der Waals surface area (Å²) in [6, 6.07) is 45.3. The average molecular weight is 737 g/mol. The minimum Gasteiger partial charge on any atom is -0.318 e. The number of aryl methyl sites for hydroxylation is 1. The van der Waals surface area contributed by atoms with Gasteiger partial charge in [0.1, 0.15) is 0 Å². The molecule has 0 spiro atoms. The normalized spacial score (nSPS) is 10.8. The molecule has 1 radical (unpaired) electrons. The molecule has 205 valence electrons. The number of fused-ring (bicyclic) bond motifs is 4. The van der Waals surface area contributed by atoms with Gasteiger partial charge < -0.3 is 9.55 Å². The number of para-hydroxylation sites is 1. The van der Waals surface area contributed by atoms with E-state index in [0.29, 0.717) is 0 Å². The molecule has 0 unspecified atom stereocenters. The van der Waals surface area contributed by atoms with Crippen molar-refractivity contribution in [1.82, 2.24) is 19.5 Å². The van der Waals surface area contributed by atoms with E-state index >= 15 is 0 Å². The van der Waals surface area contributed by atoms with Crippen LogP contribution in [0.1, 0.15) is 5.56 Å². The molecule has 8 rings (SSSR count). The molecule has 6 heteroatoms. The van der Waals surface area contributed by atoms with Gasteiger partial charge in [-0.2, -0.15) is 11.3 Å². The Morgan fingerprint density at radius 2 is 1.50 bits per heavy atom. The third-order valence-corrected chi connectivity index (χ3v) is 8.18. The first-order valence-corrected chi connectivity index (χ1v) is 14.2. The molecule has 0 aliphatic heterocycles. The number of hydrogen-bond acceptors (Lipinski definition) is 4. The summed E-state index contributed by atoms with van der Waals surface area (Å²) in [6.45, 7) is 2.08. The van der Waals surface area contributed by atoms with Crippen molar-refractivity contribution < 1.29 is 20.1 Å². The zero-order chi connectivity index (χ0) is 27.6. The number of thiophene rings is 1. The number of rotatable bonds is 3. The van der Waals surface area contributed by atoms with Gasteiger partial charge in [0.05, 0.1) is 11.3 Å². The van der Waals surface area contributed by atoms with Gasteiger partial charge in [-0.15, -0.1) is 54.1 Å². The third-order valence-electron chi connectivity index (χ3n) is 6.97. The van der Waals surface area contributed by atoms with Crippen molar-refractivity contribution in [3.8, 4) is 28.3 Å².